The first kappa shape index (κ1) is 15.8. The molecule has 1 N–H and O–H groups in total. The zero-order valence-corrected chi connectivity index (χ0v) is 12.8. The van der Waals surface area contributed by atoms with Gasteiger partial charge in [0.05, 0.1) is 11.5 Å². The van der Waals surface area contributed by atoms with Gasteiger partial charge in [0.25, 0.3) is 0 Å². The summed E-state index contributed by atoms with van der Waals surface area (Å²) >= 11 is 0. The molecule has 7 nitrogen and oxygen atoms in total. The summed E-state index contributed by atoms with van der Waals surface area (Å²) in [5, 5.41) is 25.2. The van der Waals surface area contributed by atoms with Crippen LogP contribution < -0.4 is 4.90 Å². The summed E-state index contributed by atoms with van der Waals surface area (Å²) in [6, 6.07) is 0.265. The molecule has 0 radical (unpaired) electrons. The van der Waals surface area contributed by atoms with Crippen molar-refractivity contribution >= 4 is 11.5 Å². The highest BCUT2D eigenvalue weighted by Crippen LogP contribution is 2.36. The fourth-order valence-corrected chi connectivity index (χ4v) is 3.26. The number of aryl methyl sites for hydroxylation is 2. The molecule has 1 heterocycles. The average molecular weight is 296 g/mol. The Morgan fingerprint density at radius 1 is 1.48 bits per heavy atom. The fraction of sp³-hybridized carbons (Fsp3) is 0.786. The van der Waals surface area contributed by atoms with E-state index < -0.39 is 0 Å². The second kappa shape index (κ2) is 6.89. The number of aromatic nitrogens is 2. The smallest absolute Gasteiger partial charge is 0.334 e. The third-order valence-electron chi connectivity index (χ3n) is 4.11. The van der Waals surface area contributed by atoms with Crippen molar-refractivity contribution in [1.82, 2.24) is 9.78 Å². The lowest BCUT2D eigenvalue weighted by molar-refractivity contribution is -0.384. The Morgan fingerprint density at radius 3 is 2.67 bits per heavy atom. The van der Waals surface area contributed by atoms with E-state index in [9.17, 15) is 15.2 Å². The molecule has 0 bridgehead atoms. The van der Waals surface area contributed by atoms with Crippen LogP contribution in [0.5, 0.6) is 0 Å². The molecule has 0 saturated heterocycles. The maximum Gasteiger partial charge on any atom is 0.334 e. The van der Waals surface area contributed by atoms with E-state index in [4.69, 9.17) is 0 Å². The minimum Gasteiger partial charge on any atom is -0.395 e. The van der Waals surface area contributed by atoms with Crippen LogP contribution in [0.25, 0.3) is 0 Å². The van der Waals surface area contributed by atoms with Gasteiger partial charge in [0, 0.05) is 19.6 Å². The van der Waals surface area contributed by atoms with Gasteiger partial charge in [-0.2, -0.15) is 5.10 Å². The molecule has 0 aromatic carbocycles. The van der Waals surface area contributed by atoms with E-state index >= 15 is 0 Å². The van der Waals surface area contributed by atoms with Gasteiger partial charge in [0.1, 0.15) is 5.69 Å². The zero-order valence-electron chi connectivity index (χ0n) is 12.8. The Labute approximate surface area is 124 Å². The number of rotatable bonds is 7. The van der Waals surface area contributed by atoms with E-state index in [1.807, 2.05) is 11.8 Å². The van der Waals surface area contributed by atoms with Crippen LogP contribution in [0.3, 0.4) is 0 Å². The maximum absolute atomic E-state index is 11.5. The normalized spacial score (nSPS) is 15.6. The number of aliphatic hydroxyl groups is 1. The van der Waals surface area contributed by atoms with Gasteiger partial charge < -0.3 is 10.0 Å². The number of hydrogen-bond acceptors (Lipinski definition) is 5. The summed E-state index contributed by atoms with van der Waals surface area (Å²) < 4.78 is 1.61. The van der Waals surface area contributed by atoms with E-state index in [0.717, 1.165) is 32.1 Å². The van der Waals surface area contributed by atoms with Gasteiger partial charge >= 0.3 is 5.69 Å². The van der Waals surface area contributed by atoms with Crippen LogP contribution in [0.2, 0.25) is 0 Å². The first-order chi connectivity index (χ1) is 10.1. The summed E-state index contributed by atoms with van der Waals surface area (Å²) in [5.74, 6) is 0.546. The van der Waals surface area contributed by atoms with Gasteiger partial charge in [-0.25, -0.2) is 4.68 Å². The molecular weight excluding hydrogens is 272 g/mol. The Morgan fingerprint density at radius 2 is 2.14 bits per heavy atom. The Bertz CT molecular complexity index is 495. The molecule has 1 aliphatic carbocycles. The van der Waals surface area contributed by atoms with E-state index in [2.05, 4.69) is 5.10 Å². The molecule has 7 heteroatoms. The topological polar surface area (TPSA) is 84.4 Å². The van der Waals surface area contributed by atoms with Crippen molar-refractivity contribution in [2.75, 3.05) is 18.1 Å². The summed E-state index contributed by atoms with van der Waals surface area (Å²) in [5.41, 5.74) is 0.653. The summed E-state index contributed by atoms with van der Waals surface area (Å²) in [7, 11) is 1.75. The van der Waals surface area contributed by atoms with Crippen LogP contribution >= 0.6 is 0 Å². The van der Waals surface area contributed by atoms with Crippen LogP contribution in [-0.2, 0) is 13.5 Å². The summed E-state index contributed by atoms with van der Waals surface area (Å²) in [6.07, 6.45) is 5.74. The van der Waals surface area contributed by atoms with Gasteiger partial charge in [0.2, 0.25) is 5.82 Å². The van der Waals surface area contributed by atoms with E-state index in [1.54, 1.807) is 11.7 Å². The van der Waals surface area contributed by atoms with E-state index in [-0.39, 0.29) is 23.3 Å². The second-order valence-corrected chi connectivity index (χ2v) is 5.60. The predicted molar refractivity (Wildman–Crippen MR) is 80.5 cm³/mol. The fourth-order valence-electron chi connectivity index (χ4n) is 3.26. The van der Waals surface area contributed by atoms with Gasteiger partial charge in [-0.15, -0.1) is 0 Å². The number of nitro groups is 1. The Hall–Kier alpha value is -1.63. The first-order valence-corrected chi connectivity index (χ1v) is 7.67. The Kier molecular flexibility index (Phi) is 5.17. The van der Waals surface area contributed by atoms with E-state index in [0.29, 0.717) is 24.5 Å². The van der Waals surface area contributed by atoms with Crippen molar-refractivity contribution in [3.8, 4) is 0 Å². The van der Waals surface area contributed by atoms with Gasteiger partial charge in [0.15, 0.2) is 0 Å². The van der Waals surface area contributed by atoms with Crippen molar-refractivity contribution in [3.05, 3.63) is 15.8 Å². The zero-order chi connectivity index (χ0) is 15.4. The van der Waals surface area contributed by atoms with Crippen LogP contribution in [0, 0.1) is 10.1 Å². The van der Waals surface area contributed by atoms with Gasteiger partial charge in [-0.1, -0.05) is 26.2 Å². The van der Waals surface area contributed by atoms with E-state index in [1.165, 1.54) is 0 Å². The van der Waals surface area contributed by atoms with Crippen molar-refractivity contribution < 1.29 is 10.0 Å². The molecule has 0 atom stereocenters. The molecule has 1 saturated carbocycles. The molecule has 0 amide bonds. The molecule has 1 aromatic heterocycles. The molecule has 1 aromatic rings. The van der Waals surface area contributed by atoms with Gasteiger partial charge in [-0.05, 0) is 19.3 Å². The standard InChI is InChI=1S/C14H24N4O3/c1-3-6-12-13(18(20)21)14(16(2)15-12)17(9-10-19)11-7-4-5-8-11/h11,19H,3-10H2,1-2H3. The first-order valence-electron chi connectivity index (χ1n) is 7.67. The highest BCUT2D eigenvalue weighted by Gasteiger charge is 2.34. The average Bonchev–Trinajstić information content (AvgIpc) is 3.04. The largest absolute Gasteiger partial charge is 0.395 e. The van der Waals surface area contributed by atoms with Crippen LogP contribution in [0.1, 0.15) is 44.7 Å². The molecule has 21 heavy (non-hydrogen) atoms. The SMILES string of the molecule is CCCc1nn(C)c(N(CCO)C2CCCC2)c1[N+](=O)[O-]. The lowest BCUT2D eigenvalue weighted by Gasteiger charge is -2.29. The van der Waals surface area contributed by atoms with Crippen LogP contribution in [-0.4, -0.2) is 39.0 Å². The van der Waals surface area contributed by atoms with Crippen molar-refractivity contribution in [2.45, 2.75) is 51.5 Å². The molecule has 1 fully saturated rings. The van der Waals surface area contributed by atoms with Crippen LogP contribution in [0.15, 0.2) is 0 Å². The highest BCUT2D eigenvalue weighted by molar-refractivity contribution is 5.62. The molecule has 118 valence electrons. The molecule has 0 aliphatic heterocycles. The molecule has 0 spiro atoms. The Balaban J connectivity index is 2.44. The summed E-state index contributed by atoms with van der Waals surface area (Å²) in [6.45, 7) is 2.39. The lowest BCUT2D eigenvalue weighted by Crippen LogP contribution is -2.37. The van der Waals surface area contributed by atoms with Crippen molar-refractivity contribution in [2.24, 2.45) is 7.05 Å². The van der Waals surface area contributed by atoms with Gasteiger partial charge in [-0.3, -0.25) is 10.1 Å². The quantitative estimate of drug-likeness (QED) is 0.614. The third kappa shape index (κ3) is 3.18. The number of nitrogens with zero attached hydrogens (tertiary/aromatic N) is 4. The minimum atomic E-state index is -0.327. The van der Waals surface area contributed by atoms with Crippen LogP contribution in [0.4, 0.5) is 11.5 Å². The molecule has 1 aliphatic rings. The highest BCUT2D eigenvalue weighted by atomic mass is 16.6. The summed E-state index contributed by atoms with van der Waals surface area (Å²) in [4.78, 5) is 13.2. The predicted octanol–water partition coefficient (Wildman–Crippen LogP) is 2.02. The number of aliphatic hydroxyl groups excluding tert-OH is 1. The number of hydrogen-bond donors (Lipinski definition) is 1. The minimum absolute atomic E-state index is 0.0120. The number of anilines is 1. The van der Waals surface area contributed by atoms with Crippen molar-refractivity contribution in [1.29, 1.82) is 0 Å². The molecule has 2 rings (SSSR count). The molecular formula is C14H24N4O3. The molecule has 0 unspecified atom stereocenters. The van der Waals surface area contributed by atoms with Crippen molar-refractivity contribution in [3.63, 3.8) is 0 Å². The maximum atomic E-state index is 11.5. The second-order valence-electron chi connectivity index (χ2n) is 5.60. The monoisotopic (exact) mass is 296 g/mol. The third-order valence-corrected chi connectivity index (χ3v) is 4.11. The lowest BCUT2D eigenvalue weighted by atomic mass is 10.2.